The van der Waals surface area contributed by atoms with Crippen molar-refractivity contribution >= 4 is 35.7 Å². The lowest BCUT2D eigenvalue weighted by molar-refractivity contribution is -0.0983. The third-order valence-corrected chi connectivity index (χ3v) is 8.66. The molecule has 0 amide bonds. The Morgan fingerprint density at radius 3 is 2.72 bits per heavy atom. The van der Waals surface area contributed by atoms with Crippen LogP contribution in [0.5, 0.6) is 11.6 Å². The smallest absolute Gasteiger partial charge is 0.479 e. The first kappa shape index (κ1) is 31.1. The van der Waals surface area contributed by atoms with Gasteiger partial charge in [0.1, 0.15) is 23.6 Å². The number of nitrogens with zero attached hydrogens (tertiary/aromatic N) is 4. The van der Waals surface area contributed by atoms with Crippen molar-refractivity contribution in [2.75, 3.05) is 32.7 Å². The fourth-order valence-corrected chi connectivity index (χ4v) is 6.43. The molecule has 0 bridgehead atoms. The van der Waals surface area contributed by atoms with Crippen LogP contribution in [0.3, 0.4) is 0 Å². The van der Waals surface area contributed by atoms with E-state index in [1.165, 1.54) is 24.9 Å². The Bertz CT molecular complexity index is 1610. The molecular weight excluding hydrogens is 581 g/mol. The maximum Gasteiger partial charge on any atom is 0.530 e. The largest absolute Gasteiger partial charge is 0.530 e. The van der Waals surface area contributed by atoms with Gasteiger partial charge in [0.15, 0.2) is 17.4 Å². The molecule has 4 N–H and O–H groups in total. The van der Waals surface area contributed by atoms with E-state index in [1.54, 1.807) is 19.1 Å². The summed E-state index contributed by atoms with van der Waals surface area (Å²) >= 11 is 0. The van der Waals surface area contributed by atoms with Gasteiger partial charge in [-0.05, 0) is 38.6 Å². The van der Waals surface area contributed by atoms with E-state index < -0.39 is 38.0 Å². The van der Waals surface area contributed by atoms with Crippen LogP contribution in [-0.4, -0.2) is 80.6 Å². The minimum Gasteiger partial charge on any atom is -0.479 e. The number of methoxy groups -OCH3 is 1. The summed E-state index contributed by atoms with van der Waals surface area (Å²) in [5.41, 5.74) is 4.49. The standard InChI is InChI=1S/C28H36N5O9P/c1-5-38-14-9-15-39-43(36,42-20-13-8-11-18-10-6-7-12-19(18)20)41-17(2)22-23(34)28(3,35)26(40-22)33-16-30-21-24(33)31-27(29)32-25(21)37-4/h6-8,10-13,16-17,22-23,26,34-35H,5,9,14-15H2,1-4H3,(H2,29,31,32). The Morgan fingerprint density at radius 1 is 1.19 bits per heavy atom. The van der Waals surface area contributed by atoms with Crippen LogP contribution >= 0.6 is 7.82 Å². The summed E-state index contributed by atoms with van der Waals surface area (Å²) in [6.07, 6.45) is -3.12. The first-order valence-corrected chi connectivity index (χ1v) is 15.3. The number of fused-ring (bicyclic) bond motifs is 2. The quantitative estimate of drug-likeness (QED) is 0.146. The van der Waals surface area contributed by atoms with Crippen molar-refractivity contribution in [1.29, 1.82) is 0 Å². The SMILES string of the molecule is CCOCCCOP(=O)(Oc1cccc2ccccc12)OC(C)C1OC(n2cnc3c(OC)nc(N)nc32)C(C)(O)C1O. The first-order valence-electron chi connectivity index (χ1n) is 13.9. The van der Waals surface area contributed by atoms with Crippen molar-refractivity contribution in [3.8, 4) is 11.6 Å². The molecule has 1 aliphatic rings. The van der Waals surface area contributed by atoms with E-state index in [0.29, 0.717) is 30.8 Å². The topological polar surface area (TPSA) is 183 Å². The molecule has 14 nitrogen and oxygen atoms in total. The number of aliphatic hydroxyl groups is 2. The highest BCUT2D eigenvalue weighted by Gasteiger charge is 2.56. The van der Waals surface area contributed by atoms with Crippen molar-refractivity contribution < 1.29 is 42.6 Å². The molecule has 1 fully saturated rings. The lowest BCUT2D eigenvalue weighted by Crippen LogP contribution is -2.46. The number of ether oxygens (including phenoxy) is 3. The second-order valence-electron chi connectivity index (χ2n) is 10.2. The fourth-order valence-electron chi connectivity index (χ4n) is 4.99. The lowest BCUT2D eigenvalue weighted by atomic mass is 9.94. The van der Waals surface area contributed by atoms with Gasteiger partial charge in [-0.1, -0.05) is 36.4 Å². The van der Waals surface area contributed by atoms with Crippen molar-refractivity contribution in [2.24, 2.45) is 0 Å². The van der Waals surface area contributed by atoms with Gasteiger partial charge >= 0.3 is 7.82 Å². The van der Waals surface area contributed by atoms with Crippen LogP contribution in [0.15, 0.2) is 48.8 Å². The fraction of sp³-hybridized carbons (Fsp3) is 0.464. The molecule has 0 aliphatic carbocycles. The van der Waals surface area contributed by atoms with Crippen molar-refractivity contribution in [1.82, 2.24) is 19.5 Å². The van der Waals surface area contributed by atoms with Gasteiger partial charge in [-0.25, -0.2) is 9.55 Å². The number of imidazole rings is 1. The highest BCUT2D eigenvalue weighted by molar-refractivity contribution is 7.49. The lowest BCUT2D eigenvalue weighted by Gasteiger charge is -2.28. The van der Waals surface area contributed by atoms with Crippen molar-refractivity contribution in [2.45, 2.75) is 57.3 Å². The van der Waals surface area contributed by atoms with Gasteiger partial charge in [0, 0.05) is 18.6 Å². The van der Waals surface area contributed by atoms with Gasteiger partial charge in [0.05, 0.1) is 26.1 Å². The molecule has 1 aliphatic heterocycles. The van der Waals surface area contributed by atoms with Gasteiger partial charge in [0.25, 0.3) is 0 Å². The molecular formula is C28H36N5O9P. The van der Waals surface area contributed by atoms with Crippen LogP contribution in [0.4, 0.5) is 5.95 Å². The molecule has 2 aromatic carbocycles. The van der Waals surface area contributed by atoms with E-state index in [0.717, 1.165) is 5.39 Å². The zero-order valence-corrected chi connectivity index (χ0v) is 25.2. The van der Waals surface area contributed by atoms with Crippen molar-refractivity contribution in [3.05, 3.63) is 48.8 Å². The molecule has 3 heterocycles. The highest BCUT2D eigenvalue weighted by atomic mass is 31.2. The predicted octanol–water partition coefficient (Wildman–Crippen LogP) is 3.62. The molecule has 1 saturated heterocycles. The summed E-state index contributed by atoms with van der Waals surface area (Å²) in [6.45, 7) is 5.77. The molecule has 5 rings (SSSR count). The predicted molar refractivity (Wildman–Crippen MR) is 157 cm³/mol. The number of rotatable bonds is 13. The van der Waals surface area contributed by atoms with Crippen LogP contribution in [0.25, 0.3) is 21.9 Å². The molecule has 232 valence electrons. The Hall–Kier alpha value is -3.36. The normalized spacial score (nSPS) is 24.3. The summed E-state index contributed by atoms with van der Waals surface area (Å²) in [6, 6.07) is 12.8. The summed E-state index contributed by atoms with van der Waals surface area (Å²) in [5.74, 6) is 0.360. The molecule has 6 atom stereocenters. The van der Waals surface area contributed by atoms with Gasteiger partial charge in [-0.3, -0.25) is 13.6 Å². The van der Waals surface area contributed by atoms with Gasteiger partial charge in [-0.2, -0.15) is 9.97 Å². The number of hydrogen-bond acceptors (Lipinski definition) is 13. The van der Waals surface area contributed by atoms with E-state index in [9.17, 15) is 14.8 Å². The number of phosphoric ester groups is 1. The zero-order valence-electron chi connectivity index (χ0n) is 24.3. The van der Waals surface area contributed by atoms with Gasteiger partial charge in [-0.15, -0.1) is 0 Å². The molecule has 4 aromatic rings. The first-order chi connectivity index (χ1) is 20.6. The minimum absolute atomic E-state index is 0.0210. The Morgan fingerprint density at radius 2 is 1.95 bits per heavy atom. The molecule has 0 radical (unpaired) electrons. The maximum atomic E-state index is 14.1. The number of aromatic nitrogens is 4. The number of nitrogens with two attached hydrogens (primary N) is 1. The van der Waals surface area contributed by atoms with Crippen LogP contribution in [-0.2, 0) is 23.1 Å². The van der Waals surface area contributed by atoms with E-state index >= 15 is 0 Å². The zero-order chi connectivity index (χ0) is 30.8. The number of benzene rings is 2. The van der Waals surface area contributed by atoms with Crippen LogP contribution in [0.2, 0.25) is 0 Å². The third-order valence-electron chi connectivity index (χ3n) is 7.15. The minimum atomic E-state index is -4.31. The van der Waals surface area contributed by atoms with Gasteiger partial charge in [0.2, 0.25) is 11.8 Å². The van der Waals surface area contributed by atoms with E-state index in [1.807, 2.05) is 37.3 Å². The number of anilines is 1. The Labute approximate surface area is 248 Å². The van der Waals surface area contributed by atoms with Crippen LogP contribution in [0, 0.1) is 0 Å². The highest BCUT2D eigenvalue weighted by Crippen LogP contribution is 2.53. The molecule has 43 heavy (non-hydrogen) atoms. The molecule has 6 unspecified atom stereocenters. The molecule has 2 aromatic heterocycles. The molecule has 15 heteroatoms. The average Bonchev–Trinajstić information content (AvgIpc) is 3.49. The van der Waals surface area contributed by atoms with Gasteiger partial charge < -0.3 is 34.7 Å². The van der Waals surface area contributed by atoms with E-state index in [-0.39, 0.29) is 29.6 Å². The summed E-state index contributed by atoms with van der Waals surface area (Å²) in [5, 5.41) is 24.2. The number of aliphatic hydroxyl groups excluding tert-OH is 1. The molecule has 0 saturated carbocycles. The number of hydrogen-bond donors (Lipinski definition) is 3. The third kappa shape index (κ3) is 6.31. The number of nitrogen functional groups attached to an aromatic ring is 1. The molecule has 0 spiro atoms. The maximum absolute atomic E-state index is 14.1. The Balaban J connectivity index is 1.41. The van der Waals surface area contributed by atoms with Crippen LogP contribution < -0.4 is 15.0 Å². The van der Waals surface area contributed by atoms with E-state index in [4.69, 9.17) is 33.5 Å². The Kier molecular flexibility index (Phi) is 9.18. The van der Waals surface area contributed by atoms with Crippen LogP contribution in [0.1, 0.15) is 33.4 Å². The summed E-state index contributed by atoms with van der Waals surface area (Å²) in [4.78, 5) is 12.5. The summed E-state index contributed by atoms with van der Waals surface area (Å²) in [7, 11) is -2.89. The monoisotopic (exact) mass is 617 g/mol. The second kappa shape index (κ2) is 12.7. The van der Waals surface area contributed by atoms with Crippen molar-refractivity contribution in [3.63, 3.8) is 0 Å². The second-order valence-corrected chi connectivity index (χ2v) is 11.8. The number of phosphoric acid groups is 1. The summed E-state index contributed by atoms with van der Waals surface area (Å²) < 4.78 is 49.9. The van der Waals surface area contributed by atoms with E-state index in [2.05, 4.69) is 15.0 Å². The average molecular weight is 618 g/mol.